The van der Waals surface area contributed by atoms with Crippen molar-refractivity contribution in [2.45, 2.75) is 19.3 Å². The summed E-state index contributed by atoms with van der Waals surface area (Å²) in [5.74, 6) is -1.24. The van der Waals surface area contributed by atoms with Crippen molar-refractivity contribution in [2.75, 3.05) is 31.1 Å². The highest BCUT2D eigenvalue weighted by atomic mass is 19.1. The van der Waals surface area contributed by atoms with Gasteiger partial charge >= 0.3 is 5.97 Å². The second-order valence-corrected chi connectivity index (χ2v) is 10.7. The molecule has 0 bridgehead atoms. The van der Waals surface area contributed by atoms with E-state index in [-0.39, 0.29) is 18.1 Å². The summed E-state index contributed by atoms with van der Waals surface area (Å²) < 4.78 is 13.7. The van der Waals surface area contributed by atoms with Crippen LogP contribution >= 0.6 is 0 Å². The van der Waals surface area contributed by atoms with Crippen molar-refractivity contribution in [3.63, 3.8) is 0 Å². The van der Waals surface area contributed by atoms with Gasteiger partial charge < -0.3 is 14.9 Å². The van der Waals surface area contributed by atoms with Crippen molar-refractivity contribution in [3.8, 4) is 11.3 Å². The van der Waals surface area contributed by atoms with Crippen molar-refractivity contribution in [2.24, 2.45) is 0 Å². The molecular formula is C35H31FN4O3. The van der Waals surface area contributed by atoms with Crippen LogP contribution in [0.2, 0.25) is 0 Å². The second-order valence-electron chi connectivity index (χ2n) is 10.7. The van der Waals surface area contributed by atoms with E-state index in [1.807, 2.05) is 47.4 Å². The molecule has 6 rings (SSSR count). The summed E-state index contributed by atoms with van der Waals surface area (Å²) in [4.78, 5) is 38.7. The average molecular weight is 575 g/mol. The number of halogens is 1. The molecule has 0 aliphatic carbocycles. The van der Waals surface area contributed by atoms with E-state index in [4.69, 9.17) is 9.97 Å². The Kier molecular flexibility index (Phi) is 8.09. The first kappa shape index (κ1) is 28.0. The maximum atomic E-state index is 13.7. The number of aromatic nitrogens is 2. The number of carbonyl (C=O) groups excluding carboxylic acids is 1. The number of hydrogen-bond donors (Lipinski definition) is 1. The lowest BCUT2D eigenvalue weighted by atomic mass is 10.0. The van der Waals surface area contributed by atoms with E-state index in [1.54, 1.807) is 30.3 Å². The standard InChI is InChI=1S/C35H31FN4O3/c36-28-13-10-26(11-14-28)34-31(15-9-24-5-4-6-25(21-24)22-33(41)42)37-32-23-27(12-16-30(32)38-34)35(43)40-19-17-39(18-20-40)29-7-2-1-3-8-29/h1-8,10-14,16,21,23H,9,15,17-20,22H2,(H,41,42). The first-order valence-electron chi connectivity index (χ1n) is 14.4. The lowest BCUT2D eigenvalue weighted by Gasteiger charge is -2.36. The quantitative estimate of drug-likeness (QED) is 0.252. The van der Waals surface area contributed by atoms with E-state index in [9.17, 15) is 19.1 Å². The Morgan fingerprint density at radius 3 is 2.23 bits per heavy atom. The van der Waals surface area contributed by atoms with Gasteiger partial charge in [0, 0.05) is 43.0 Å². The molecule has 43 heavy (non-hydrogen) atoms. The Morgan fingerprint density at radius 2 is 1.49 bits per heavy atom. The van der Waals surface area contributed by atoms with Crippen molar-refractivity contribution < 1.29 is 19.1 Å². The molecule has 1 aliphatic rings. The van der Waals surface area contributed by atoms with Crippen LogP contribution in [-0.4, -0.2) is 58.0 Å². The van der Waals surface area contributed by atoms with Crippen LogP contribution in [0.1, 0.15) is 27.2 Å². The molecule has 1 N–H and O–H groups in total. The topological polar surface area (TPSA) is 86.6 Å². The monoisotopic (exact) mass is 574 g/mol. The number of carbonyl (C=O) groups is 2. The second kappa shape index (κ2) is 12.4. The number of hydrogen-bond acceptors (Lipinski definition) is 5. The van der Waals surface area contributed by atoms with Gasteiger partial charge in [-0.05, 0) is 78.6 Å². The van der Waals surface area contributed by atoms with Crippen molar-refractivity contribution >= 4 is 28.6 Å². The van der Waals surface area contributed by atoms with Gasteiger partial charge in [-0.25, -0.2) is 14.4 Å². The lowest BCUT2D eigenvalue weighted by molar-refractivity contribution is -0.136. The number of rotatable bonds is 8. The van der Waals surface area contributed by atoms with Crippen LogP contribution in [0.25, 0.3) is 22.3 Å². The van der Waals surface area contributed by atoms with Crippen LogP contribution in [0.4, 0.5) is 10.1 Å². The normalized spacial score (nSPS) is 13.3. The molecule has 2 heterocycles. The van der Waals surface area contributed by atoms with Crippen LogP contribution in [0.15, 0.2) is 97.1 Å². The van der Waals surface area contributed by atoms with Gasteiger partial charge in [0.15, 0.2) is 0 Å². The van der Waals surface area contributed by atoms with E-state index >= 15 is 0 Å². The molecule has 1 aliphatic heterocycles. The number of carboxylic acid groups (broad SMARTS) is 1. The van der Waals surface area contributed by atoms with Gasteiger partial charge in [-0.1, -0.05) is 42.5 Å². The van der Waals surface area contributed by atoms with Gasteiger partial charge in [-0.2, -0.15) is 0 Å². The third-order valence-corrected chi connectivity index (χ3v) is 7.79. The van der Waals surface area contributed by atoms with Crippen molar-refractivity contribution in [3.05, 3.63) is 125 Å². The van der Waals surface area contributed by atoms with Gasteiger partial charge in [0.25, 0.3) is 5.91 Å². The summed E-state index contributed by atoms with van der Waals surface area (Å²) in [6, 6.07) is 29.4. The minimum atomic E-state index is -0.875. The molecule has 1 amide bonds. The van der Waals surface area contributed by atoms with E-state index in [0.717, 1.165) is 41.2 Å². The Hall–Kier alpha value is -5.11. The molecular weight excluding hydrogens is 543 g/mol. The minimum absolute atomic E-state index is 0.0316. The van der Waals surface area contributed by atoms with E-state index in [0.29, 0.717) is 48.2 Å². The van der Waals surface area contributed by atoms with Crippen LogP contribution in [0.3, 0.4) is 0 Å². The van der Waals surface area contributed by atoms with E-state index < -0.39 is 5.97 Å². The van der Waals surface area contributed by atoms with Gasteiger partial charge in [-0.15, -0.1) is 0 Å². The zero-order valence-electron chi connectivity index (χ0n) is 23.6. The van der Waals surface area contributed by atoms with Crippen molar-refractivity contribution in [1.29, 1.82) is 0 Å². The summed E-state index contributed by atoms with van der Waals surface area (Å²) in [6.45, 7) is 2.80. The summed E-state index contributed by atoms with van der Waals surface area (Å²) in [7, 11) is 0. The predicted molar refractivity (Wildman–Crippen MR) is 165 cm³/mol. The number of para-hydroxylation sites is 1. The molecule has 8 heteroatoms. The maximum absolute atomic E-state index is 13.7. The van der Waals surface area contributed by atoms with Crippen LogP contribution in [-0.2, 0) is 24.1 Å². The number of benzene rings is 4. The molecule has 4 aromatic carbocycles. The molecule has 1 fully saturated rings. The third kappa shape index (κ3) is 6.54. The number of nitrogens with zero attached hydrogens (tertiary/aromatic N) is 4. The Labute approximate surface area is 249 Å². The number of aliphatic carboxylic acids is 1. The molecule has 0 radical (unpaired) electrons. The van der Waals surface area contributed by atoms with Crippen LogP contribution in [0, 0.1) is 5.82 Å². The van der Waals surface area contributed by atoms with Gasteiger partial charge in [0.2, 0.25) is 0 Å². The highest BCUT2D eigenvalue weighted by Gasteiger charge is 2.23. The van der Waals surface area contributed by atoms with Crippen molar-refractivity contribution in [1.82, 2.24) is 14.9 Å². The predicted octanol–water partition coefficient (Wildman–Crippen LogP) is 5.81. The number of amides is 1. The zero-order chi connectivity index (χ0) is 29.8. The first-order chi connectivity index (χ1) is 20.9. The summed E-state index contributed by atoms with van der Waals surface area (Å²) in [5, 5.41) is 9.18. The minimum Gasteiger partial charge on any atom is -0.481 e. The zero-order valence-corrected chi connectivity index (χ0v) is 23.6. The summed E-state index contributed by atoms with van der Waals surface area (Å²) >= 11 is 0. The molecule has 1 aromatic heterocycles. The van der Waals surface area contributed by atoms with Crippen LogP contribution in [0.5, 0.6) is 0 Å². The molecule has 0 spiro atoms. The fraction of sp³-hybridized carbons (Fsp3) is 0.200. The Balaban J connectivity index is 1.26. The highest BCUT2D eigenvalue weighted by molar-refractivity contribution is 5.97. The Morgan fingerprint density at radius 1 is 0.744 bits per heavy atom. The molecule has 0 saturated carbocycles. The van der Waals surface area contributed by atoms with Gasteiger partial charge in [-0.3, -0.25) is 9.59 Å². The molecule has 7 nitrogen and oxygen atoms in total. The van der Waals surface area contributed by atoms with Gasteiger partial charge in [0.05, 0.1) is 28.8 Å². The van der Waals surface area contributed by atoms with Crippen LogP contribution < -0.4 is 4.90 Å². The third-order valence-electron chi connectivity index (χ3n) is 7.79. The molecule has 0 atom stereocenters. The smallest absolute Gasteiger partial charge is 0.307 e. The SMILES string of the molecule is O=C(O)Cc1cccc(CCc2nc3cc(C(=O)N4CCN(c5ccccc5)CC4)ccc3nc2-c2ccc(F)cc2)c1. The number of piperazine rings is 1. The molecule has 0 unspecified atom stereocenters. The fourth-order valence-electron chi connectivity index (χ4n) is 5.56. The molecule has 216 valence electrons. The maximum Gasteiger partial charge on any atom is 0.307 e. The number of fused-ring (bicyclic) bond motifs is 1. The highest BCUT2D eigenvalue weighted by Crippen LogP contribution is 2.26. The largest absolute Gasteiger partial charge is 0.481 e. The lowest BCUT2D eigenvalue weighted by Crippen LogP contribution is -2.48. The first-order valence-corrected chi connectivity index (χ1v) is 14.4. The molecule has 5 aromatic rings. The Bertz CT molecular complexity index is 1770. The van der Waals surface area contributed by atoms with Gasteiger partial charge in [0.1, 0.15) is 5.82 Å². The summed E-state index contributed by atoms with van der Waals surface area (Å²) in [6.07, 6.45) is 1.11. The summed E-state index contributed by atoms with van der Waals surface area (Å²) in [5.41, 5.74) is 6.86. The van der Waals surface area contributed by atoms with E-state index in [2.05, 4.69) is 17.0 Å². The van der Waals surface area contributed by atoms with E-state index in [1.165, 1.54) is 12.1 Å². The fourth-order valence-corrected chi connectivity index (χ4v) is 5.56. The number of anilines is 1. The molecule has 1 saturated heterocycles. The average Bonchev–Trinajstić information content (AvgIpc) is 3.03. The number of carboxylic acids is 1. The number of aryl methyl sites for hydroxylation is 2.